The highest BCUT2D eigenvalue weighted by molar-refractivity contribution is 7.17. The van der Waals surface area contributed by atoms with Crippen molar-refractivity contribution in [2.75, 3.05) is 16.0 Å². The molecule has 0 spiro atoms. The summed E-state index contributed by atoms with van der Waals surface area (Å²) < 4.78 is 13.4. The van der Waals surface area contributed by atoms with Crippen LogP contribution >= 0.6 is 22.9 Å². The first-order chi connectivity index (χ1) is 15.4. The summed E-state index contributed by atoms with van der Waals surface area (Å²) in [4.78, 5) is 26.0. The molecule has 4 aromatic rings. The van der Waals surface area contributed by atoms with Gasteiger partial charge in [-0.2, -0.15) is 0 Å². The van der Waals surface area contributed by atoms with E-state index < -0.39 is 0 Å². The Labute approximate surface area is 192 Å². The average molecular weight is 469 g/mol. The Morgan fingerprint density at radius 1 is 1.03 bits per heavy atom. The van der Waals surface area contributed by atoms with Crippen LogP contribution in [0, 0.1) is 19.7 Å². The van der Waals surface area contributed by atoms with Crippen LogP contribution in [0.2, 0.25) is 5.02 Å². The van der Waals surface area contributed by atoms with Crippen LogP contribution in [0.15, 0.2) is 54.7 Å². The number of nitrogens with one attached hydrogen (secondary N) is 3. The minimum atomic E-state index is -0.347. The Balaban J connectivity index is 1.48. The number of carbonyl (C=O) groups excluding carboxylic acids is 1. The number of para-hydroxylation sites is 1. The number of hydrogen-bond acceptors (Lipinski definition) is 7. The Kier molecular flexibility index (Phi) is 6.29. The smallest absolute Gasteiger partial charge is 0.267 e. The van der Waals surface area contributed by atoms with Crippen LogP contribution in [0.5, 0.6) is 0 Å². The molecule has 32 heavy (non-hydrogen) atoms. The van der Waals surface area contributed by atoms with Gasteiger partial charge in [0.05, 0.1) is 16.9 Å². The number of nitrogens with zero attached hydrogens (tertiary/aromatic N) is 3. The van der Waals surface area contributed by atoms with Crippen LogP contribution in [0.3, 0.4) is 0 Å². The molecule has 0 aliphatic rings. The number of anilines is 5. The summed E-state index contributed by atoms with van der Waals surface area (Å²) in [7, 11) is 0. The van der Waals surface area contributed by atoms with E-state index in [1.54, 1.807) is 31.2 Å². The van der Waals surface area contributed by atoms with Gasteiger partial charge in [0.2, 0.25) is 0 Å². The molecule has 0 radical (unpaired) electrons. The number of aryl methyl sites for hydroxylation is 2. The fourth-order valence-corrected chi connectivity index (χ4v) is 3.91. The predicted molar refractivity (Wildman–Crippen MR) is 126 cm³/mol. The highest BCUT2D eigenvalue weighted by Crippen LogP contribution is 2.28. The molecule has 162 valence electrons. The van der Waals surface area contributed by atoms with Gasteiger partial charge in [-0.3, -0.25) is 4.79 Å². The third-order valence-electron chi connectivity index (χ3n) is 4.36. The molecule has 7 nitrogen and oxygen atoms in total. The van der Waals surface area contributed by atoms with E-state index in [-0.39, 0.29) is 11.7 Å². The maximum atomic E-state index is 13.4. The maximum Gasteiger partial charge on any atom is 0.267 e. The zero-order valence-corrected chi connectivity index (χ0v) is 18.7. The summed E-state index contributed by atoms with van der Waals surface area (Å²) in [5.41, 5.74) is 2.00. The van der Waals surface area contributed by atoms with Gasteiger partial charge in [-0.25, -0.2) is 19.3 Å². The summed E-state index contributed by atoms with van der Waals surface area (Å²) in [6, 6.07) is 13.2. The molecule has 0 atom stereocenters. The van der Waals surface area contributed by atoms with Crippen molar-refractivity contribution >= 4 is 57.0 Å². The zero-order valence-electron chi connectivity index (χ0n) is 17.1. The largest absolute Gasteiger partial charge is 0.340 e. The molecule has 2 heterocycles. The fourth-order valence-electron chi connectivity index (χ4n) is 2.92. The number of rotatable bonds is 6. The van der Waals surface area contributed by atoms with Crippen molar-refractivity contribution in [3.63, 3.8) is 0 Å². The standard InChI is InChI=1S/C22H18ClFN6OS/c1-12-5-3-8-16(23)20(12)30-21(31)17-11-25-22(32-17)29-19-10-18(26-13(2)27-19)28-15-7-4-6-14(24)9-15/h3-11H,1-2H3,(H,30,31)(H2,25,26,27,28,29). The molecule has 1 amide bonds. The Hall–Kier alpha value is -3.56. The molecule has 0 fully saturated rings. The SMILES string of the molecule is Cc1nc(Nc2cccc(F)c2)cc(Nc2ncc(C(=O)Nc3c(C)cccc3Cl)s2)n1. The van der Waals surface area contributed by atoms with Crippen molar-refractivity contribution < 1.29 is 9.18 Å². The van der Waals surface area contributed by atoms with Crippen LogP contribution in [0.25, 0.3) is 0 Å². The number of carbonyl (C=O) groups is 1. The summed E-state index contributed by atoms with van der Waals surface area (Å²) in [5.74, 6) is 0.838. The van der Waals surface area contributed by atoms with Crippen molar-refractivity contribution in [3.05, 3.63) is 81.8 Å². The topological polar surface area (TPSA) is 91.8 Å². The third-order valence-corrected chi connectivity index (χ3v) is 5.59. The van der Waals surface area contributed by atoms with Crippen molar-refractivity contribution in [2.24, 2.45) is 0 Å². The van der Waals surface area contributed by atoms with E-state index in [0.717, 1.165) is 5.56 Å². The lowest BCUT2D eigenvalue weighted by Crippen LogP contribution is -2.11. The molecular formula is C22H18ClFN6OS. The highest BCUT2D eigenvalue weighted by atomic mass is 35.5. The molecule has 0 saturated heterocycles. The van der Waals surface area contributed by atoms with Gasteiger partial charge < -0.3 is 16.0 Å². The summed E-state index contributed by atoms with van der Waals surface area (Å²) >= 11 is 7.37. The minimum Gasteiger partial charge on any atom is -0.340 e. The zero-order chi connectivity index (χ0) is 22.7. The van der Waals surface area contributed by atoms with Gasteiger partial charge >= 0.3 is 0 Å². The highest BCUT2D eigenvalue weighted by Gasteiger charge is 2.14. The second kappa shape index (κ2) is 9.29. The number of amides is 1. The Morgan fingerprint density at radius 3 is 2.53 bits per heavy atom. The van der Waals surface area contributed by atoms with Crippen LogP contribution in [-0.2, 0) is 0 Å². The van der Waals surface area contributed by atoms with Crippen molar-refractivity contribution in [2.45, 2.75) is 13.8 Å². The molecule has 2 aromatic heterocycles. The van der Waals surface area contributed by atoms with Crippen molar-refractivity contribution in [3.8, 4) is 0 Å². The molecule has 0 unspecified atom stereocenters. The molecule has 0 aliphatic carbocycles. The number of halogens is 2. The number of hydrogen-bond donors (Lipinski definition) is 3. The lowest BCUT2D eigenvalue weighted by molar-refractivity contribution is 0.103. The van der Waals surface area contributed by atoms with E-state index in [2.05, 4.69) is 30.9 Å². The molecular weight excluding hydrogens is 451 g/mol. The lowest BCUT2D eigenvalue weighted by atomic mass is 10.2. The Bertz CT molecular complexity index is 1270. The van der Waals surface area contributed by atoms with E-state index in [4.69, 9.17) is 11.6 Å². The first-order valence-corrected chi connectivity index (χ1v) is 10.7. The molecule has 0 bridgehead atoms. The molecule has 2 aromatic carbocycles. The van der Waals surface area contributed by atoms with Crippen molar-refractivity contribution in [1.29, 1.82) is 0 Å². The number of thiazole rings is 1. The van der Waals surface area contributed by atoms with Crippen LogP contribution in [0.1, 0.15) is 21.1 Å². The molecule has 3 N–H and O–H groups in total. The third kappa shape index (κ3) is 5.19. The van der Waals surface area contributed by atoms with Crippen LogP contribution < -0.4 is 16.0 Å². The van der Waals surface area contributed by atoms with Gasteiger partial charge in [-0.1, -0.05) is 41.1 Å². The van der Waals surface area contributed by atoms with E-state index in [0.29, 0.717) is 43.9 Å². The predicted octanol–water partition coefficient (Wildman–Crippen LogP) is 6.08. The average Bonchev–Trinajstić information content (AvgIpc) is 3.19. The van der Waals surface area contributed by atoms with Gasteiger partial charge in [-0.05, 0) is 43.7 Å². The number of aromatic nitrogens is 3. The van der Waals surface area contributed by atoms with E-state index in [1.807, 2.05) is 19.1 Å². The first-order valence-electron chi connectivity index (χ1n) is 9.55. The van der Waals surface area contributed by atoms with E-state index in [9.17, 15) is 9.18 Å². The van der Waals surface area contributed by atoms with Gasteiger partial charge in [0.25, 0.3) is 5.91 Å². The molecule has 4 rings (SSSR count). The van der Waals surface area contributed by atoms with Gasteiger partial charge in [0.15, 0.2) is 5.13 Å². The quantitative estimate of drug-likeness (QED) is 0.317. The second-order valence-electron chi connectivity index (χ2n) is 6.86. The van der Waals surface area contributed by atoms with E-state index in [1.165, 1.54) is 29.7 Å². The van der Waals surface area contributed by atoms with Gasteiger partial charge in [0.1, 0.15) is 28.2 Å². The van der Waals surface area contributed by atoms with Gasteiger partial charge in [0, 0.05) is 11.8 Å². The molecule has 0 saturated carbocycles. The summed E-state index contributed by atoms with van der Waals surface area (Å²) in [5, 5.41) is 9.91. The van der Waals surface area contributed by atoms with Gasteiger partial charge in [-0.15, -0.1) is 0 Å². The summed E-state index contributed by atoms with van der Waals surface area (Å²) in [6.07, 6.45) is 1.48. The van der Waals surface area contributed by atoms with Crippen LogP contribution in [0.4, 0.5) is 32.5 Å². The Morgan fingerprint density at radius 2 is 1.78 bits per heavy atom. The molecule has 0 aliphatic heterocycles. The normalized spacial score (nSPS) is 10.6. The minimum absolute atomic E-state index is 0.306. The lowest BCUT2D eigenvalue weighted by Gasteiger charge is -2.09. The van der Waals surface area contributed by atoms with Crippen molar-refractivity contribution in [1.82, 2.24) is 15.0 Å². The fraction of sp³-hybridized carbons (Fsp3) is 0.0909. The summed E-state index contributed by atoms with van der Waals surface area (Å²) in [6.45, 7) is 3.61. The van der Waals surface area contributed by atoms with E-state index >= 15 is 0 Å². The first kappa shape index (κ1) is 21.7. The van der Waals surface area contributed by atoms with Crippen LogP contribution in [-0.4, -0.2) is 20.9 Å². The monoisotopic (exact) mass is 468 g/mol. The maximum absolute atomic E-state index is 13.4. The number of benzene rings is 2. The second-order valence-corrected chi connectivity index (χ2v) is 8.30. The molecule has 10 heteroatoms.